The first-order valence-corrected chi connectivity index (χ1v) is 5.50. The highest BCUT2D eigenvalue weighted by molar-refractivity contribution is 5.82. The van der Waals surface area contributed by atoms with Crippen molar-refractivity contribution in [3.05, 3.63) is 0 Å². The van der Waals surface area contributed by atoms with Crippen LogP contribution in [0.4, 0.5) is 0 Å². The molecule has 0 aromatic carbocycles. The molecule has 1 N–H and O–H groups in total. The summed E-state index contributed by atoms with van der Waals surface area (Å²) in [6.07, 6.45) is 2.18. The fourth-order valence-corrected chi connectivity index (χ4v) is 2.31. The monoisotopic (exact) mass is 196 g/mol. The van der Waals surface area contributed by atoms with Gasteiger partial charge in [0.05, 0.1) is 0 Å². The summed E-state index contributed by atoms with van der Waals surface area (Å²) in [5.41, 5.74) is 0.273. The van der Waals surface area contributed by atoms with Crippen LogP contribution in [0.2, 0.25) is 0 Å². The number of hydrogen-bond donors (Lipinski definition) is 1. The third-order valence-electron chi connectivity index (χ3n) is 3.72. The van der Waals surface area contributed by atoms with Gasteiger partial charge in [0.25, 0.3) is 0 Å². The second-order valence-corrected chi connectivity index (χ2v) is 5.30. The molecule has 2 fully saturated rings. The predicted molar refractivity (Wildman–Crippen MR) is 55.9 cm³/mol. The summed E-state index contributed by atoms with van der Waals surface area (Å²) < 4.78 is 0. The maximum atomic E-state index is 12.0. The van der Waals surface area contributed by atoms with Crippen molar-refractivity contribution in [2.24, 2.45) is 11.3 Å². The highest BCUT2D eigenvalue weighted by Gasteiger charge is 2.52. The van der Waals surface area contributed by atoms with Crippen molar-refractivity contribution in [1.29, 1.82) is 0 Å². The Morgan fingerprint density at radius 1 is 1.50 bits per heavy atom. The van der Waals surface area contributed by atoms with E-state index in [4.69, 9.17) is 0 Å². The van der Waals surface area contributed by atoms with Crippen LogP contribution in [0.3, 0.4) is 0 Å². The summed E-state index contributed by atoms with van der Waals surface area (Å²) in [6, 6.07) is 0.515. The molecule has 3 heteroatoms. The van der Waals surface area contributed by atoms with Crippen LogP contribution in [-0.2, 0) is 4.79 Å². The molecule has 0 spiro atoms. The maximum absolute atomic E-state index is 12.0. The van der Waals surface area contributed by atoms with E-state index in [0.29, 0.717) is 17.9 Å². The van der Waals surface area contributed by atoms with Gasteiger partial charge in [-0.1, -0.05) is 13.8 Å². The van der Waals surface area contributed by atoms with Crippen LogP contribution < -0.4 is 5.32 Å². The summed E-state index contributed by atoms with van der Waals surface area (Å²) in [6.45, 7) is 6.21. The van der Waals surface area contributed by atoms with Gasteiger partial charge in [-0.15, -0.1) is 0 Å². The van der Waals surface area contributed by atoms with E-state index in [2.05, 4.69) is 19.2 Å². The van der Waals surface area contributed by atoms with Gasteiger partial charge in [0.15, 0.2) is 0 Å². The summed E-state index contributed by atoms with van der Waals surface area (Å²) in [4.78, 5) is 14.0. The third kappa shape index (κ3) is 1.65. The topological polar surface area (TPSA) is 32.3 Å². The number of nitrogens with one attached hydrogen (secondary N) is 1. The Kier molecular flexibility index (Phi) is 2.30. The lowest BCUT2D eigenvalue weighted by atomic mass is 10.1. The molecule has 80 valence electrons. The largest absolute Gasteiger partial charge is 0.341 e. The average Bonchev–Trinajstić information content (AvgIpc) is 2.64. The van der Waals surface area contributed by atoms with Gasteiger partial charge in [0.1, 0.15) is 0 Å². The SMILES string of the molecule is CNC1CCN(C(=O)C2CC2(C)C)C1. The molecule has 3 nitrogen and oxygen atoms in total. The summed E-state index contributed by atoms with van der Waals surface area (Å²) in [5, 5.41) is 3.23. The Morgan fingerprint density at radius 2 is 2.14 bits per heavy atom. The molecule has 1 aliphatic heterocycles. The van der Waals surface area contributed by atoms with Crippen molar-refractivity contribution in [3.63, 3.8) is 0 Å². The quantitative estimate of drug-likeness (QED) is 0.710. The van der Waals surface area contributed by atoms with E-state index in [0.717, 1.165) is 25.9 Å². The number of rotatable bonds is 2. The van der Waals surface area contributed by atoms with E-state index in [9.17, 15) is 4.79 Å². The van der Waals surface area contributed by atoms with Gasteiger partial charge in [-0.3, -0.25) is 4.79 Å². The molecule has 1 heterocycles. The minimum atomic E-state index is 0.273. The Balaban J connectivity index is 1.89. The van der Waals surface area contributed by atoms with Gasteiger partial charge in [-0.2, -0.15) is 0 Å². The minimum absolute atomic E-state index is 0.273. The van der Waals surface area contributed by atoms with E-state index in [-0.39, 0.29) is 5.41 Å². The summed E-state index contributed by atoms with van der Waals surface area (Å²) in [5.74, 6) is 0.686. The second kappa shape index (κ2) is 3.23. The van der Waals surface area contributed by atoms with Gasteiger partial charge in [-0.25, -0.2) is 0 Å². The average molecular weight is 196 g/mol. The van der Waals surface area contributed by atoms with Crippen LogP contribution in [0.15, 0.2) is 0 Å². The van der Waals surface area contributed by atoms with Crippen LogP contribution in [0, 0.1) is 11.3 Å². The van der Waals surface area contributed by atoms with Crippen molar-refractivity contribution >= 4 is 5.91 Å². The van der Waals surface area contributed by atoms with Crippen LogP contribution in [0.1, 0.15) is 26.7 Å². The van der Waals surface area contributed by atoms with Crippen LogP contribution in [0.5, 0.6) is 0 Å². The molecular formula is C11H20N2O. The van der Waals surface area contributed by atoms with E-state index in [1.54, 1.807) is 0 Å². The molecule has 2 rings (SSSR count). The number of carbonyl (C=O) groups is 1. The van der Waals surface area contributed by atoms with Gasteiger partial charge in [-0.05, 0) is 25.3 Å². The van der Waals surface area contributed by atoms with Crippen LogP contribution in [0.25, 0.3) is 0 Å². The number of likely N-dealkylation sites (N-methyl/N-ethyl adjacent to an activating group) is 1. The van der Waals surface area contributed by atoms with Gasteiger partial charge >= 0.3 is 0 Å². The van der Waals surface area contributed by atoms with Gasteiger partial charge < -0.3 is 10.2 Å². The fourth-order valence-electron chi connectivity index (χ4n) is 2.31. The van der Waals surface area contributed by atoms with Crippen molar-refractivity contribution in [2.45, 2.75) is 32.7 Å². The lowest BCUT2D eigenvalue weighted by Crippen LogP contribution is -2.35. The molecule has 2 atom stereocenters. The highest BCUT2D eigenvalue weighted by Crippen LogP contribution is 2.52. The molecule has 1 saturated heterocycles. The van der Waals surface area contributed by atoms with E-state index < -0.39 is 0 Å². The molecule has 14 heavy (non-hydrogen) atoms. The van der Waals surface area contributed by atoms with E-state index >= 15 is 0 Å². The van der Waals surface area contributed by atoms with Crippen molar-refractivity contribution in [1.82, 2.24) is 10.2 Å². The standard InChI is InChI=1S/C11H20N2O/c1-11(2)6-9(11)10(14)13-5-4-8(7-13)12-3/h8-9,12H,4-7H2,1-3H3. The molecule has 2 unspecified atom stereocenters. The van der Waals surface area contributed by atoms with Crippen LogP contribution in [-0.4, -0.2) is 37.0 Å². The van der Waals surface area contributed by atoms with Crippen molar-refractivity contribution < 1.29 is 4.79 Å². The smallest absolute Gasteiger partial charge is 0.226 e. The number of hydrogen-bond acceptors (Lipinski definition) is 2. The molecule has 0 aromatic rings. The van der Waals surface area contributed by atoms with E-state index in [1.807, 2.05) is 11.9 Å². The van der Waals surface area contributed by atoms with Gasteiger partial charge in [0, 0.05) is 25.0 Å². The first kappa shape index (κ1) is 9.97. The summed E-state index contributed by atoms with van der Waals surface area (Å²) >= 11 is 0. The fraction of sp³-hybridized carbons (Fsp3) is 0.909. The third-order valence-corrected chi connectivity index (χ3v) is 3.72. The Labute approximate surface area is 85.8 Å². The zero-order valence-electron chi connectivity index (χ0n) is 9.34. The molecule has 0 bridgehead atoms. The van der Waals surface area contributed by atoms with Crippen molar-refractivity contribution in [3.8, 4) is 0 Å². The van der Waals surface area contributed by atoms with Gasteiger partial charge in [0.2, 0.25) is 5.91 Å². The lowest BCUT2D eigenvalue weighted by molar-refractivity contribution is -0.132. The molecule has 1 aliphatic carbocycles. The molecule has 0 radical (unpaired) electrons. The predicted octanol–water partition coefficient (Wildman–Crippen LogP) is 0.853. The van der Waals surface area contributed by atoms with Crippen molar-refractivity contribution in [2.75, 3.05) is 20.1 Å². The molecule has 1 amide bonds. The molecule has 0 aromatic heterocycles. The minimum Gasteiger partial charge on any atom is -0.341 e. The first-order valence-electron chi connectivity index (χ1n) is 5.50. The Morgan fingerprint density at radius 3 is 2.57 bits per heavy atom. The summed E-state index contributed by atoms with van der Waals surface area (Å²) in [7, 11) is 1.97. The second-order valence-electron chi connectivity index (χ2n) is 5.30. The Hall–Kier alpha value is -0.570. The van der Waals surface area contributed by atoms with E-state index in [1.165, 1.54) is 0 Å². The number of amides is 1. The molecular weight excluding hydrogens is 176 g/mol. The lowest BCUT2D eigenvalue weighted by Gasteiger charge is -2.17. The number of nitrogens with zero attached hydrogens (tertiary/aromatic N) is 1. The molecule has 2 aliphatic rings. The highest BCUT2D eigenvalue weighted by atomic mass is 16.2. The normalized spacial score (nSPS) is 34.6. The molecule has 1 saturated carbocycles. The maximum Gasteiger partial charge on any atom is 0.226 e. The van der Waals surface area contributed by atoms with Crippen LogP contribution >= 0.6 is 0 Å². The first-order chi connectivity index (χ1) is 6.54. The number of likely N-dealkylation sites (tertiary alicyclic amines) is 1. The number of carbonyl (C=O) groups excluding carboxylic acids is 1. The Bertz CT molecular complexity index is 250. The zero-order chi connectivity index (χ0) is 10.3. The zero-order valence-corrected chi connectivity index (χ0v) is 9.34.